The van der Waals surface area contributed by atoms with Crippen molar-refractivity contribution >= 4 is 16.7 Å². The fourth-order valence-corrected chi connectivity index (χ4v) is 3.34. The van der Waals surface area contributed by atoms with Crippen LogP contribution >= 0.6 is 0 Å². The smallest absolute Gasteiger partial charge is 0.270 e. The van der Waals surface area contributed by atoms with Crippen LogP contribution in [0.5, 0.6) is 0 Å². The summed E-state index contributed by atoms with van der Waals surface area (Å²) in [6.07, 6.45) is 4.32. The highest BCUT2D eigenvalue weighted by molar-refractivity contribution is 5.73. The van der Waals surface area contributed by atoms with E-state index in [1.165, 1.54) is 12.1 Å². The minimum absolute atomic E-state index is 0.135. The van der Waals surface area contributed by atoms with Gasteiger partial charge in [0.25, 0.3) is 5.56 Å². The van der Waals surface area contributed by atoms with Crippen molar-refractivity contribution in [1.29, 1.82) is 0 Å². The highest BCUT2D eigenvalue weighted by Crippen LogP contribution is 2.24. The van der Waals surface area contributed by atoms with Gasteiger partial charge in [-0.3, -0.25) is 9.78 Å². The van der Waals surface area contributed by atoms with Crippen LogP contribution in [0.15, 0.2) is 41.3 Å². The second-order valence-corrected chi connectivity index (χ2v) is 6.96. The van der Waals surface area contributed by atoms with Crippen LogP contribution in [0.4, 0.5) is 10.1 Å². The summed E-state index contributed by atoms with van der Waals surface area (Å²) in [4.78, 5) is 23.6. The standard InChI is InChI=1S/C20H22FN5O/c1-2-17-20(27)26-18-9-16(23-11-19(18)25-17)10-22-14-7-15(8-14)24-13-5-3-12(21)4-6-13/h3-6,9,11,14-15,22,24H,2,7-8,10H2,1H3,(H,26,27). The second kappa shape index (κ2) is 7.44. The molecule has 0 amide bonds. The Labute approximate surface area is 156 Å². The first-order chi connectivity index (χ1) is 13.1. The highest BCUT2D eigenvalue weighted by Gasteiger charge is 2.28. The Morgan fingerprint density at radius 2 is 2.00 bits per heavy atom. The maximum Gasteiger partial charge on any atom is 0.270 e. The van der Waals surface area contributed by atoms with E-state index < -0.39 is 0 Å². The molecule has 0 saturated heterocycles. The Morgan fingerprint density at radius 3 is 2.74 bits per heavy atom. The molecule has 2 heterocycles. The van der Waals surface area contributed by atoms with E-state index in [9.17, 15) is 9.18 Å². The summed E-state index contributed by atoms with van der Waals surface area (Å²) in [7, 11) is 0. The molecule has 0 atom stereocenters. The molecule has 1 aliphatic carbocycles. The number of halogens is 1. The Bertz CT molecular complexity index is 995. The van der Waals surface area contributed by atoms with E-state index in [1.807, 2.05) is 13.0 Å². The molecule has 0 spiro atoms. The van der Waals surface area contributed by atoms with Crippen molar-refractivity contribution in [2.24, 2.45) is 0 Å². The predicted octanol–water partition coefficient (Wildman–Crippen LogP) is 2.75. The van der Waals surface area contributed by atoms with Crippen LogP contribution in [0.25, 0.3) is 11.0 Å². The van der Waals surface area contributed by atoms with Gasteiger partial charge in [-0.05, 0) is 49.6 Å². The summed E-state index contributed by atoms with van der Waals surface area (Å²) >= 11 is 0. The number of H-pyrrole nitrogens is 1. The van der Waals surface area contributed by atoms with E-state index in [1.54, 1.807) is 18.3 Å². The molecule has 6 nitrogen and oxygen atoms in total. The summed E-state index contributed by atoms with van der Waals surface area (Å²) in [5, 5.41) is 6.89. The lowest BCUT2D eigenvalue weighted by atomic mass is 9.86. The third-order valence-electron chi connectivity index (χ3n) is 4.97. The number of hydrogen-bond donors (Lipinski definition) is 3. The molecule has 2 aromatic heterocycles. The van der Waals surface area contributed by atoms with Crippen LogP contribution in [0.1, 0.15) is 31.2 Å². The van der Waals surface area contributed by atoms with Gasteiger partial charge < -0.3 is 15.6 Å². The van der Waals surface area contributed by atoms with Crippen LogP contribution in [0.2, 0.25) is 0 Å². The SMILES string of the molecule is CCc1nc2cnc(CNC3CC(Nc4ccc(F)cc4)C3)cc2[nH]c1=O. The van der Waals surface area contributed by atoms with Crippen molar-refractivity contribution in [3.8, 4) is 0 Å². The molecule has 140 valence electrons. The van der Waals surface area contributed by atoms with E-state index in [4.69, 9.17) is 0 Å². The topological polar surface area (TPSA) is 82.7 Å². The van der Waals surface area contributed by atoms with E-state index in [-0.39, 0.29) is 11.4 Å². The van der Waals surface area contributed by atoms with E-state index in [0.717, 1.165) is 24.2 Å². The Hall–Kier alpha value is -2.80. The molecule has 0 aliphatic heterocycles. The van der Waals surface area contributed by atoms with E-state index in [0.29, 0.717) is 41.8 Å². The number of hydrogen-bond acceptors (Lipinski definition) is 5. The van der Waals surface area contributed by atoms with Gasteiger partial charge >= 0.3 is 0 Å². The van der Waals surface area contributed by atoms with E-state index >= 15 is 0 Å². The zero-order valence-electron chi connectivity index (χ0n) is 15.1. The van der Waals surface area contributed by atoms with Gasteiger partial charge in [0.05, 0.1) is 17.4 Å². The molecular weight excluding hydrogens is 345 g/mol. The number of nitrogens with one attached hydrogen (secondary N) is 3. The molecule has 4 rings (SSSR count). The molecule has 0 bridgehead atoms. The van der Waals surface area contributed by atoms with Crippen molar-refractivity contribution in [2.45, 2.75) is 44.8 Å². The van der Waals surface area contributed by atoms with Crippen LogP contribution in [-0.4, -0.2) is 27.0 Å². The number of anilines is 1. The molecule has 27 heavy (non-hydrogen) atoms. The summed E-state index contributed by atoms with van der Waals surface area (Å²) < 4.78 is 12.9. The molecule has 1 aromatic carbocycles. The second-order valence-electron chi connectivity index (χ2n) is 6.96. The lowest BCUT2D eigenvalue weighted by Gasteiger charge is -2.37. The maximum absolute atomic E-state index is 12.9. The van der Waals surface area contributed by atoms with Crippen molar-refractivity contribution in [2.75, 3.05) is 5.32 Å². The van der Waals surface area contributed by atoms with Gasteiger partial charge in [0.1, 0.15) is 17.0 Å². The van der Waals surface area contributed by atoms with Crippen LogP contribution < -0.4 is 16.2 Å². The predicted molar refractivity (Wildman–Crippen MR) is 103 cm³/mol. The molecule has 1 aliphatic rings. The molecule has 3 N–H and O–H groups in total. The van der Waals surface area contributed by atoms with Gasteiger partial charge in [-0.25, -0.2) is 9.37 Å². The first-order valence-corrected chi connectivity index (χ1v) is 9.24. The van der Waals surface area contributed by atoms with Crippen molar-refractivity contribution < 1.29 is 4.39 Å². The van der Waals surface area contributed by atoms with Crippen molar-refractivity contribution in [3.63, 3.8) is 0 Å². The zero-order chi connectivity index (χ0) is 18.8. The van der Waals surface area contributed by atoms with Crippen molar-refractivity contribution in [1.82, 2.24) is 20.3 Å². The summed E-state index contributed by atoms with van der Waals surface area (Å²) in [6.45, 7) is 2.55. The average Bonchev–Trinajstić information content (AvgIpc) is 2.64. The lowest BCUT2D eigenvalue weighted by molar-refractivity contribution is 0.306. The first-order valence-electron chi connectivity index (χ1n) is 9.24. The normalized spacial score (nSPS) is 19.0. The number of fused-ring (bicyclic) bond motifs is 1. The highest BCUT2D eigenvalue weighted by atomic mass is 19.1. The van der Waals surface area contributed by atoms with Gasteiger partial charge in [0.15, 0.2) is 0 Å². The molecule has 7 heteroatoms. The van der Waals surface area contributed by atoms with Gasteiger partial charge in [-0.1, -0.05) is 6.92 Å². The average molecular weight is 367 g/mol. The fourth-order valence-electron chi connectivity index (χ4n) is 3.34. The number of benzene rings is 1. The van der Waals surface area contributed by atoms with Gasteiger partial charge in [0.2, 0.25) is 0 Å². The molecule has 1 fully saturated rings. The monoisotopic (exact) mass is 367 g/mol. The number of pyridine rings is 1. The Morgan fingerprint density at radius 1 is 1.22 bits per heavy atom. The molecular formula is C20H22FN5O. The third kappa shape index (κ3) is 3.98. The Kier molecular flexibility index (Phi) is 4.85. The summed E-state index contributed by atoms with van der Waals surface area (Å²) in [5.74, 6) is -0.223. The zero-order valence-corrected chi connectivity index (χ0v) is 15.1. The van der Waals surface area contributed by atoms with Crippen LogP contribution in [0, 0.1) is 5.82 Å². The van der Waals surface area contributed by atoms with Gasteiger partial charge in [0, 0.05) is 24.3 Å². The Balaban J connectivity index is 1.31. The molecule has 0 radical (unpaired) electrons. The molecule has 1 saturated carbocycles. The maximum atomic E-state index is 12.9. The third-order valence-corrected chi connectivity index (χ3v) is 4.97. The lowest BCUT2D eigenvalue weighted by Crippen LogP contribution is -2.47. The number of nitrogens with zero attached hydrogens (tertiary/aromatic N) is 2. The van der Waals surface area contributed by atoms with Crippen LogP contribution in [-0.2, 0) is 13.0 Å². The van der Waals surface area contributed by atoms with E-state index in [2.05, 4.69) is 25.6 Å². The first kappa shape index (κ1) is 17.6. The van der Waals surface area contributed by atoms with Gasteiger partial charge in [-0.15, -0.1) is 0 Å². The number of aromatic nitrogens is 3. The van der Waals surface area contributed by atoms with Crippen LogP contribution in [0.3, 0.4) is 0 Å². The summed E-state index contributed by atoms with van der Waals surface area (Å²) in [6, 6.07) is 9.13. The minimum Gasteiger partial charge on any atom is -0.382 e. The number of aromatic amines is 1. The molecule has 0 unspecified atom stereocenters. The van der Waals surface area contributed by atoms with Gasteiger partial charge in [-0.2, -0.15) is 0 Å². The number of aryl methyl sites for hydroxylation is 1. The quantitative estimate of drug-likeness (QED) is 0.624. The minimum atomic E-state index is -0.223. The largest absolute Gasteiger partial charge is 0.382 e. The molecule has 3 aromatic rings. The number of rotatable bonds is 6. The summed E-state index contributed by atoms with van der Waals surface area (Å²) in [5.41, 5.74) is 3.64. The fraction of sp³-hybridized carbons (Fsp3) is 0.350. The van der Waals surface area contributed by atoms with Crippen molar-refractivity contribution in [3.05, 3.63) is 64.1 Å².